The number of carbonyl (C=O) groups is 1. The van der Waals surface area contributed by atoms with Crippen LogP contribution in [0.2, 0.25) is 10.0 Å². The Hall–Kier alpha value is -0.970. The molecule has 4 nitrogen and oxygen atoms in total. The summed E-state index contributed by atoms with van der Waals surface area (Å²) in [6, 6.07) is 2.27. The molecule has 0 fully saturated rings. The Morgan fingerprint density at radius 2 is 2.00 bits per heavy atom. The van der Waals surface area contributed by atoms with Gasteiger partial charge in [-0.3, -0.25) is 4.79 Å². The van der Waals surface area contributed by atoms with Crippen molar-refractivity contribution in [2.45, 2.75) is 25.8 Å². The van der Waals surface area contributed by atoms with Gasteiger partial charge in [0.25, 0.3) is 0 Å². The molecule has 0 radical (unpaired) electrons. The Morgan fingerprint density at radius 1 is 1.47 bits per heavy atom. The van der Waals surface area contributed by atoms with Crippen LogP contribution in [0.1, 0.15) is 19.8 Å². The number of hydrogen-bond donors (Lipinski definition) is 3. The molecule has 6 heteroatoms. The molecule has 0 spiro atoms. The Kier molecular flexibility index (Phi) is 5.05. The average molecular weight is 277 g/mol. The lowest BCUT2D eigenvalue weighted by Gasteiger charge is -2.12. The van der Waals surface area contributed by atoms with Crippen LogP contribution in [0, 0.1) is 0 Å². The third-order valence-electron chi connectivity index (χ3n) is 2.22. The molecule has 0 aliphatic heterocycles. The van der Waals surface area contributed by atoms with Crippen LogP contribution in [0.3, 0.4) is 0 Å². The number of phenols is 1. The molecule has 0 aliphatic rings. The quantitative estimate of drug-likeness (QED) is 0.741. The van der Waals surface area contributed by atoms with Gasteiger partial charge in [0.05, 0.1) is 16.1 Å². The molecule has 0 unspecified atom stereocenters. The number of hydrogen-bond acceptors (Lipinski definition) is 3. The average Bonchev–Trinajstić information content (AvgIpc) is 2.26. The number of aromatic hydroxyl groups is 1. The van der Waals surface area contributed by atoms with E-state index in [0.29, 0.717) is 12.1 Å². The lowest BCUT2D eigenvalue weighted by molar-refractivity contribution is -0.117. The number of rotatable bonds is 4. The molecular formula is C11H14Cl2N2O2. The number of nitrogens with two attached hydrogens (primary N) is 1. The van der Waals surface area contributed by atoms with Gasteiger partial charge in [-0.2, -0.15) is 0 Å². The molecule has 94 valence electrons. The fourth-order valence-corrected chi connectivity index (χ4v) is 1.80. The lowest BCUT2D eigenvalue weighted by atomic mass is 10.1. The van der Waals surface area contributed by atoms with Crippen molar-refractivity contribution in [3.63, 3.8) is 0 Å². The first kappa shape index (κ1) is 14.1. The standard InChI is InChI=1S/C11H14Cl2N2O2/c1-2-3-9(14)11(17)15-6-4-7(12)10(16)8(13)5-6/h4-5,9,16H,2-3,14H2,1H3,(H,15,17)/t9-/m1/s1. The Bertz CT molecular complexity index is 401. The van der Waals surface area contributed by atoms with E-state index in [-0.39, 0.29) is 21.7 Å². The monoisotopic (exact) mass is 276 g/mol. The minimum absolute atomic E-state index is 0.0804. The molecule has 17 heavy (non-hydrogen) atoms. The molecule has 1 aromatic carbocycles. The van der Waals surface area contributed by atoms with Gasteiger partial charge in [-0.15, -0.1) is 0 Å². The van der Waals surface area contributed by atoms with Crippen LogP contribution < -0.4 is 11.1 Å². The molecule has 1 amide bonds. The summed E-state index contributed by atoms with van der Waals surface area (Å²) in [6.45, 7) is 1.95. The van der Waals surface area contributed by atoms with Crippen molar-refractivity contribution in [3.8, 4) is 5.75 Å². The summed E-state index contributed by atoms with van der Waals surface area (Å²) in [6.07, 6.45) is 1.43. The van der Waals surface area contributed by atoms with Crippen molar-refractivity contribution < 1.29 is 9.90 Å². The molecule has 1 atom stereocenters. The van der Waals surface area contributed by atoms with Crippen molar-refractivity contribution in [2.75, 3.05) is 5.32 Å². The first-order valence-corrected chi connectivity index (χ1v) is 5.95. The summed E-state index contributed by atoms with van der Waals surface area (Å²) in [7, 11) is 0. The van der Waals surface area contributed by atoms with Gasteiger partial charge in [-0.1, -0.05) is 36.5 Å². The number of amides is 1. The summed E-state index contributed by atoms with van der Waals surface area (Å²) >= 11 is 11.5. The van der Waals surface area contributed by atoms with Gasteiger partial charge < -0.3 is 16.2 Å². The van der Waals surface area contributed by atoms with E-state index in [1.165, 1.54) is 12.1 Å². The third kappa shape index (κ3) is 3.77. The summed E-state index contributed by atoms with van der Waals surface area (Å²) < 4.78 is 0. The van der Waals surface area contributed by atoms with Gasteiger partial charge in [-0.05, 0) is 18.6 Å². The molecule has 0 aliphatic carbocycles. The second-order valence-electron chi connectivity index (χ2n) is 3.67. The summed E-state index contributed by atoms with van der Waals surface area (Å²) in [4.78, 5) is 11.6. The zero-order valence-corrected chi connectivity index (χ0v) is 10.8. The number of benzene rings is 1. The SMILES string of the molecule is CCC[C@@H](N)C(=O)Nc1cc(Cl)c(O)c(Cl)c1. The molecule has 1 rings (SSSR count). The van der Waals surface area contributed by atoms with E-state index in [9.17, 15) is 9.90 Å². The summed E-state index contributed by atoms with van der Waals surface area (Å²) in [5, 5.41) is 12.1. The molecule has 0 aromatic heterocycles. The molecule has 1 aromatic rings. The number of carbonyl (C=O) groups excluding carboxylic acids is 1. The van der Waals surface area contributed by atoms with Crippen LogP contribution in [-0.4, -0.2) is 17.1 Å². The largest absolute Gasteiger partial charge is 0.505 e. The van der Waals surface area contributed by atoms with Crippen LogP contribution in [-0.2, 0) is 4.79 Å². The minimum Gasteiger partial charge on any atom is -0.505 e. The summed E-state index contributed by atoms with van der Waals surface area (Å²) in [5.74, 6) is -0.506. The van der Waals surface area contributed by atoms with Crippen molar-refractivity contribution in [3.05, 3.63) is 22.2 Å². The van der Waals surface area contributed by atoms with Gasteiger partial charge >= 0.3 is 0 Å². The number of anilines is 1. The smallest absolute Gasteiger partial charge is 0.241 e. The van der Waals surface area contributed by atoms with Crippen molar-refractivity contribution >= 4 is 34.8 Å². The van der Waals surface area contributed by atoms with E-state index in [0.717, 1.165) is 6.42 Å². The molecule has 0 heterocycles. The minimum atomic E-state index is -0.564. The van der Waals surface area contributed by atoms with Crippen LogP contribution in [0.4, 0.5) is 5.69 Å². The predicted molar refractivity (Wildman–Crippen MR) is 69.6 cm³/mol. The highest BCUT2D eigenvalue weighted by molar-refractivity contribution is 6.37. The normalized spacial score (nSPS) is 12.2. The van der Waals surface area contributed by atoms with E-state index >= 15 is 0 Å². The number of halogens is 2. The highest BCUT2D eigenvalue weighted by Gasteiger charge is 2.14. The van der Waals surface area contributed by atoms with Crippen LogP contribution in [0.25, 0.3) is 0 Å². The topological polar surface area (TPSA) is 75.4 Å². The Morgan fingerprint density at radius 3 is 2.47 bits per heavy atom. The number of nitrogens with one attached hydrogen (secondary N) is 1. The molecule has 0 saturated heterocycles. The van der Waals surface area contributed by atoms with Crippen LogP contribution in [0.15, 0.2) is 12.1 Å². The second-order valence-corrected chi connectivity index (χ2v) is 4.49. The fraction of sp³-hybridized carbons (Fsp3) is 0.364. The highest BCUT2D eigenvalue weighted by atomic mass is 35.5. The molecule has 0 saturated carbocycles. The van der Waals surface area contributed by atoms with Crippen LogP contribution >= 0.6 is 23.2 Å². The van der Waals surface area contributed by atoms with Gasteiger partial charge in [-0.25, -0.2) is 0 Å². The molecule has 0 bridgehead atoms. The molecular weight excluding hydrogens is 263 g/mol. The van der Waals surface area contributed by atoms with Crippen molar-refractivity contribution in [2.24, 2.45) is 5.73 Å². The second kappa shape index (κ2) is 6.10. The maximum atomic E-state index is 11.6. The van der Waals surface area contributed by atoms with E-state index in [1.807, 2.05) is 6.92 Å². The van der Waals surface area contributed by atoms with Crippen molar-refractivity contribution in [1.29, 1.82) is 0 Å². The Labute approximate surface area is 110 Å². The van der Waals surface area contributed by atoms with Gasteiger partial charge in [0.15, 0.2) is 5.75 Å². The van der Waals surface area contributed by atoms with E-state index in [2.05, 4.69) is 5.32 Å². The predicted octanol–water partition coefficient (Wildman–Crippen LogP) is 2.76. The maximum absolute atomic E-state index is 11.6. The van der Waals surface area contributed by atoms with E-state index in [4.69, 9.17) is 28.9 Å². The first-order chi connectivity index (χ1) is 7.95. The lowest BCUT2D eigenvalue weighted by Crippen LogP contribution is -2.35. The zero-order valence-electron chi connectivity index (χ0n) is 9.34. The first-order valence-electron chi connectivity index (χ1n) is 5.20. The highest BCUT2D eigenvalue weighted by Crippen LogP contribution is 2.34. The Balaban J connectivity index is 2.79. The van der Waals surface area contributed by atoms with E-state index < -0.39 is 6.04 Å². The number of phenolic OH excluding ortho intramolecular Hbond substituents is 1. The molecule has 4 N–H and O–H groups in total. The third-order valence-corrected chi connectivity index (χ3v) is 2.80. The van der Waals surface area contributed by atoms with Crippen molar-refractivity contribution in [1.82, 2.24) is 0 Å². The maximum Gasteiger partial charge on any atom is 0.241 e. The van der Waals surface area contributed by atoms with Gasteiger partial charge in [0, 0.05) is 5.69 Å². The van der Waals surface area contributed by atoms with Crippen LogP contribution in [0.5, 0.6) is 5.75 Å². The van der Waals surface area contributed by atoms with Gasteiger partial charge in [0.2, 0.25) is 5.91 Å². The fourth-order valence-electron chi connectivity index (χ4n) is 1.31. The van der Waals surface area contributed by atoms with Gasteiger partial charge in [0.1, 0.15) is 0 Å². The zero-order chi connectivity index (χ0) is 13.0. The summed E-state index contributed by atoms with van der Waals surface area (Å²) in [5.41, 5.74) is 6.07. The van der Waals surface area contributed by atoms with E-state index in [1.54, 1.807) is 0 Å².